The zero-order chi connectivity index (χ0) is 13.7. The highest BCUT2D eigenvalue weighted by atomic mass is 35.5. The van der Waals surface area contributed by atoms with Crippen LogP contribution >= 0.6 is 34.3 Å². The molecule has 0 aliphatic rings. The summed E-state index contributed by atoms with van der Waals surface area (Å²) in [4.78, 5) is 6.46. The fourth-order valence-corrected chi connectivity index (χ4v) is 4.11. The maximum absolute atomic E-state index is 5.95. The number of hydrogen-bond acceptors (Lipinski definition) is 4. The third kappa shape index (κ3) is 4.89. The minimum Gasteiger partial charge on any atom is -0.312 e. The zero-order valence-corrected chi connectivity index (χ0v) is 13.7. The molecule has 0 aliphatic heterocycles. The second-order valence-corrected chi connectivity index (χ2v) is 7.58. The maximum Gasteiger partial charge on any atom is 0.0931 e. The van der Waals surface area contributed by atoms with E-state index in [1.54, 1.807) is 11.3 Å². The number of nitrogens with one attached hydrogen (secondary N) is 1. The highest BCUT2D eigenvalue weighted by Crippen LogP contribution is 2.24. The summed E-state index contributed by atoms with van der Waals surface area (Å²) in [7, 11) is 2.15. The van der Waals surface area contributed by atoms with Gasteiger partial charge in [0.1, 0.15) is 0 Å². The summed E-state index contributed by atoms with van der Waals surface area (Å²) in [6, 6.07) is 8.53. The molecule has 5 heteroatoms. The van der Waals surface area contributed by atoms with Gasteiger partial charge < -0.3 is 5.32 Å². The zero-order valence-electron chi connectivity index (χ0n) is 11.3. The van der Waals surface area contributed by atoms with Crippen LogP contribution in [0.5, 0.6) is 0 Å². The third-order valence-corrected chi connectivity index (χ3v) is 5.03. The second-order valence-electron chi connectivity index (χ2n) is 4.53. The molecule has 2 aromatic heterocycles. The third-order valence-electron chi connectivity index (χ3n) is 2.75. The summed E-state index contributed by atoms with van der Waals surface area (Å²) in [6.45, 7) is 6.08. The van der Waals surface area contributed by atoms with Crippen molar-refractivity contribution < 1.29 is 0 Å². The monoisotopic (exact) mass is 314 g/mol. The summed E-state index contributed by atoms with van der Waals surface area (Å²) in [6.07, 6.45) is 0. The SMILES string of the molecule is CCNCc1ccc(CN(C)Cc2ccc(Cl)s2)s1. The van der Waals surface area contributed by atoms with E-state index >= 15 is 0 Å². The lowest BCUT2D eigenvalue weighted by atomic mass is 10.3. The van der Waals surface area contributed by atoms with Gasteiger partial charge in [0.15, 0.2) is 0 Å². The molecule has 0 radical (unpaired) electrons. The van der Waals surface area contributed by atoms with Gasteiger partial charge in [-0.15, -0.1) is 22.7 Å². The molecule has 2 rings (SSSR count). The van der Waals surface area contributed by atoms with Gasteiger partial charge in [-0.2, -0.15) is 0 Å². The lowest BCUT2D eigenvalue weighted by molar-refractivity contribution is 0.325. The van der Waals surface area contributed by atoms with Gasteiger partial charge in [0, 0.05) is 34.3 Å². The van der Waals surface area contributed by atoms with E-state index in [0.29, 0.717) is 0 Å². The van der Waals surface area contributed by atoms with Gasteiger partial charge in [-0.05, 0) is 37.9 Å². The lowest BCUT2D eigenvalue weighted by Crippen LogP contribution is -2.15. The molecule has 0 fully saturated rings. The molecular formula is C14H19ClN2S2. The quantitative estimate of drug-likeness (QED) is 0.823. The van der Waals surface area contributed by atoms with Gasteiger partial charge >= 0.3 is 0 Å². The first-order valence-corrected chi connectivity index (χ1v) is 8.39. The van der Waals surface area contributed by atoms with Gasteiger partial charge in [-0.25, -0.2) is 0 Å². The van der Waals surface area contributed by atoms with Crippen molar-refractivity contribution in [2.75, 3.05) is 13.6 Å². The molecule has 0 bridgehead atoms. The Morgan fingerprint density at radius 2 is 1.68 bits per heavy atom. The lowest BCUT2D eigenvalue weighted by Gasteiger charge is -2.14. The van der Waals surface area contributed by atoms with Crippen molar-refractivity contribution in [1.29, 1.82) is 0 Å². The maximum atomic E-state index is 5.95. The van der Waals surface area contributed by atoms with E-state index in [0.717, 1.165) is 30.5 Å². The van der Waals surface area contributed by atoms with E-state index in [-0.39, 0.29) is 0 Å². The Balaban J connectivity index is 1.84. The van der Waals surface area contributed by atoms with Gasteiger partial charge in [0.2, 0.25) is 0 Å². The van der Waals surface area contributed by atoms with Crippen molar-refractivity contribution in [3.63, 3.8) is 0 Å². The number of rotatable bonds is 7. The van der Waals surface area contributed by atoms with Crippen molar-refractivity contribution in [2.24, 2.45) is 0 Å². The van der Waals surface area contributed by atoms with E-state index in [9.17, 15) is 0 Å². The van der Waals surface area contributed by atoms with Crippen LogP contribution < -0.4 is 5.32 Å². The summed E-state index contributed by atoms with van der Waals surface area (Å²) < 4.78 is 0.868. The standard InChI is InChI=1S/C14H19ClN2S2/c1-3-16-8-11-4-5-12(18-11)9-17(2)10-13-6-7-14(15)19-13/h4-7,16H,3,8-10H2,1-2H3. The van der Waals surface area contributed by atoms with Gasteiger partial charge in [-0.1, -0.05) is 18.5 Å². The average Bonchev–Trinajstić information content (AvgIpc) is 2.96. The van der Waals surface area contributed by atoms with E-state index in [4.69, 9.17) is 11.6 Å². The van der Waals surface area contributed by atoms with Crippen LogP contribution in [0.4, 0.5) is 0 Å². The fraction of sp³-hybridized carbons (Fsp3) is 0.429. The molecule has 19 heavy (non-hydrogen) atoms. The molecular weight excluding hydrogens is 296 g/mol. The Bertz CT molecular complexity index is 507. The van der Waals surface area contributed by atoms with Crippen LogP contribution in [0.1, 0.15) is 21.6 Å². The first kappa shape index (κ1) is 15.0. The van der Waals surface area contributed by atoms with Gasteiger partial charge in [0.25, 0.3) is 0 Å². The number of thiophene rings is 2. The molecule has 104 valence electrons. The molecule has 2 nitrogen and oxygen atoms in total. The van der Waals surface area contributed by atoms with Crippen molar-refractivity contribution in [3.05, 3.63) is 43.2 Å². The Morgan fingerprint density at radius 1 is 1.05 bits per heavy atom. The van der Waals surface area contributed by atoms with Crippen LogP contribution in [0.2, 0.25) is 4.34 Å². The highest BCUT2D eigenvalue weighted by Gasteiger charge is 2.06. The molecule has 0 unspecified atom stereocenters. The van der Waals surface area contributed by atoms with Crippen molar-refractivity contribution in [3.8, 4) is 0 Å². The number of halogens is 1. The highest BCUT2D eigenvalue weighted by molar-refractivity contribution is 7.16. The van der Waals surface area contributed by atoms with Crippen LogP contribution in [0.15, 0.2) is 24.3 Å². The topological polar surface area (TPSA) is 15.3 Å². The Kier molecular flexibility index (Phi) is 5.85. The Hall–Kier alpha value is -0.390. The molecule has 1 N–H and O–H groups in total. The molecule has 0 amide bonds. The Labute approximate surface area is 128 Å². The van der Waals surface area contributed by atoms with E-state index in [2.05, 4.69) is 42.4 Å². The molecule has 0 saturated carbocycles. The molecule has 0 atom stereocenters. The van der Waals surface area contributed by atoms with Crippen LogP contribution in [0.3, 0.4) is 0 Å². The van der Waals surface area contributed by atoms with Crippen LogP contribution in [-0.2, 0) is 19.6 Å². The summed E-state index contributed by atoms with van der Waals surface area (Å²) >= 11 is 9.50. The minimum absolute atomic E-state index is 0.868. The van der Waals surface area contributed by atoms with Gasteiger partial charge in [0.05, 0.1) is 4.34 Å². The molecule has 0 aromatic carbocycles. The second kappa shape index (κ2) is 7.41. The van der Waals surface area contributed by atoms with E-state index in [1.165, 1.54) is 14.6 Å². The predicted octanol–water partition coefficient (Wildman–Crippen LogP) is 4.20. The largest absolute Gasteiger partial charge is 0.312 e. The van der Waals surface area contributed by atoms with Crippen LogP contribution in [-0.4, -0.2) is 18.5 Å². The molecule has 2 aromatic rings. The smallest absolute Gasteiger partial charge is 0.0931 e. The average molecular weight is 315 g/mol. The fourth-order valence-electron chi connectivity index (χ4n) is 1.88. The molecule has 0 saturated heterocycles. The summed E-state index contributed by atoms with van der Waals surface area (Å²) in [5, 5.41) is 3.36. The summed E-state index contributed by atoms with van der Waals surface area (Å²) in [5.74, 6) is 0. The van der Waals surface area contributed by atoms with Crippen molar-refractivity contribution in [2.45, 2.75) is 26.6 Å². The van der Waals surface area contributed by atoms with Crippen molar-refractivity contribution >= 4 is 34.3 Å². The molecule has 0 aliphatic carbocycles. The normalized spacial score (nSPS) is 11.4. The van der Waals surface area contributed by atoms with Crippen molar-refractivity contribution in [1.82, 2.24) is 10.2 Å². The molecule has 2 heterocycles. The van der Waals surface area contributed by atoms with E-state index < -0.39 is 0 Å². The predicted molar refractivity (Wildman–Crippen MR) is 86.2 cm³/mol. The summed E-state index contributed by atoms with van der Waals surface area (Å²) in [5.41, 5.74) is 0. The number of hydrogen-bond donors (Lipinski definition) is 1. The van der Waals surface area contributed by atoms with Crippen LogP contribution in [0.25, 0.3) is 0 Å². The first-order valence-electron chi connectivity index (χ1n) is 6.38. The minimum atomic E-state index is 0.868. The molecule has 0 spiro atoms. The Morgan fingerprint density at radius 3 is 2.32 bits per heavy atom. The number of nitrogens with zero attached hydrogens (tertiary/aromatic N) is 1. The van der Waals surface area contributed by atoms with E-state index in [1.807, 2.05) is 17.4 Å². The first-order chi connectivity index (χ1) is 9.17. The van der Waals surface area contributed by atoms with Crippen LogP contribution in [0, 0.1) is 0 Å². The van der Waals surface area contributed by atoms with Gasteiger partial charge in [-0.3, -0.25) is 4.90 Å².